The summed E-state index contributed by atoms with van der Waals surface area (Å²) in [6, 6.07) is 4.38. The van der Waals surface area contributed by atoms with Crippen molar-refractivity contribution in [2.24, 2.45) is 5.14 Å². The van der Waals surface area contributed by atoms with Crippen molar-refractivity contribution in [1.29, 1.82) is 0 Å². The van der Waals surface area contributed by atoms with Crippen molar-refractivity contribution in [3.05, 3.63) is 23.2 Å². The SMILES string of the molecule is NS(=O)(=O)c1cc(Cl)ccc1OCCN1CCOCC1. The maximum absolute atomic E-state index is 11.5. The first kappa shape index (κ1) is 15.5. The minimum absolute atomic E-state index is 0.0908. The van der Waals surface area contributed by atoms with Gasteiger partial charge in [-0.25, -0.2) is 13.6 Å². The minimum atomic E-state index is -3.85. The molecule has 2 N–H and O–H groups in total. The highest BCUT2D eigenvalue weighted by Crippen LogP contribution is 2.26. The van der Waals surface area contributed by atoms with E-state index in [4.69, 9.17) is 26.2 Å². The van der Waals surface area contributed by atoms with Crippen molar-refractivity contribution in [3.63, 3.8) is 0 Å². The molecule has 0 spiro atoms. The van der Waals surface area contributed by atoms with Gasteiger partial charge in [0, 0.05) is 24.7 Å². The summed E-state index contributed by atoms with van der Waals surface area (Å²) in [7, 11) is -3.85. The van der Waals surface area contributed by atoms with Crippen LogP contribution in [0.2, 0.25) is 5.02 Å². The molecule has 0 saturated carbocycles. The van der Waals surface area contributed by atoms with Crippen molar-refractivity contribution in [2.45, 2.75) is 4.90 Å². The van der Waals surface area contributed by atoms with Gasteiger partial charge in [-0.2, -0.15) is 0 Å². The van der Waals surface area contributed by atoms with Crippen LogP contribution in [-0.2, 0) is 14.8 Å². The van der Waals surface area contributed by atoms with Crippen LogP contribution in [0.5, 0.6) is 5.75 Å². The van der Waals surface area contributed by atoms with E-state index in [2.05, 4.69) is 4.90 Å². The number of sulfonamides is 1. The molecule has 1 aromatic rings. The Hall–Kier alpha value is -0.860. The van der Waals surface area contributed by atoms with Crippen LogP contribution < -0.4 is 9.88 Å². The quantitative estimate of drug-likeness (QED) is 0.863. The van der Waals surface area contributed by atoms with Crippen LogP contribution in [0.4, 0.5) is 0 Å². The van der Waals surface area contributed by atoms with Crippen LogP contribution >= 0.6 is 11.6 Å². The molecule has 6 nitrogen and oxygen atoms in total. The highest BCUT2D eigenvalue weighted by Gasteiger charge is 2.16. The fourth-order valence-corrected chi connectivity index (χ4v) is 2.87. The Morgan fingerprint density at radius 2 is 2.05 bits per heavy atom. The second-order valence-corrected chi connectivity index (χ2v) is 6.40. The van der Waals surface area contributed by atoms with E-state index >= 15 is 0 Å². The zero-order valence-electron chi connectivity index (χ0n) is 10.9. The van der Waals surface area contributed by atoms with E-state index in [1.807, 2.05) is 0 Å². The van der Waals surface area contributed by atoms with Gasteiger partial charge in [-0.3, -0.25) is 4.90 Å². The highest BCUT2D eigenvalue weighted by atomic mass is 35.5. The Kier molecular flexibility index (Phi) is 5.22. The summed E-state index contributed by atoms with van der Waals surface area (Å²) in [4.78, 5) is 2.10. The first-order valence-corrected chi connectivity index (χ1v) is 8.14. The first-order valence-electron chi connectivity index (χ1n) is 6.22. The van der Waals surface area contributed by atoms with Crippen LogP contribution in [-0.4, -0.2) is 52.8 Å². The lowest BCUT2D eigenvalue weighted by Crippen LogP contribution is -2.38. The third-order valence-corrected chi connectivity index (χ3v) is 4.15. The number of ether oxygens (including phenoxy) is 2. The van der Waals surface area contributed by atoms with Gasteiger partial charge in [-0.15, -0.1) is 0 Å². The summed E-state index contributed by atoms with van der Waals surface area (Å²) in [5.74, 6) is 0.227. The maximum atomic E-state index is 11.5. The predicted molar refractivity (Wildman–Crippen MR) is 75.6 cm³/mol. The monoisotopic (exact) mass is 320 g/mol. The predicted octanol–water partition coefficient (Wildman–Crippen LogP) is 0.698. The largest absolute Gasteiger partial charge is 0.491 e. The molecule has 1 aliphatic rings. The molecule has 8 heteroatoms. The zero-order valence-corrected chi connectivity index (χ0v) is 12.5. The normalized spacial score (nSPS) is 17.1. The highest BCUT2D eigenvalue weighted by molar-refractivity contribution is 7.89. The molecule has 0 unspecified atom stereocenters. The summed E-state index contributed by atoms with van der Waals surface area (Å²) in [6.45, 7) is 4.21. The molecule has 1 aliphatic heterocycles. The van der Waals surface area contributed by atoms with E-state index in [9.17, 15) is 8.42 Å². The third kappa shape index (κ3) is 4.32. The molecule has 2 rings (SSSR count). The summed E-state index contributed by atoms with van der Waals surface area (Å²) in [5, 5.41) is 5.45. The summed E-state index contributed by atoms with van der Waals surface area (Å²) in [5.41, 5.74) is 0. The number of rotatable bonds is 5. The van der Waals surface area contributed by atoms with Gasteiger partial charge in [0.2, 0.25) is 10.0 Å². The van der Waals surface area contributed by atoms with Crippen LogP contribution in [0.1, 0.15) is 0 Å². The number of primary sulfonamides is 1. The number of nitrogens with two attached hydrogens (primary N) is 1. The van der Waals surface area contributed by atoms with Gasteiger partial charge in [-0.05, 0) is 18.2 Å². The maximum Gasteiger partial charge on any atom is 0.241 e. The van der Waals surface area contributed by atoms with Crippen LogP contribution in [0.15, 0.2) is 23.1 Å². The van der Waals surface area contributed by atoms with Gasteiger partial charge < -0.3 is 9.47 Å². The second kappa shape index (κ2) is 6.73. The molecule has 0 aromatic heterocycles. The Morgan fingerprint density at radius 3 is 2.70 bits per heavy atom. The third-order valence-electron chi connectivity index (χ3n) is 2.98. The van der Waals surface area contributed by atoms with Crippen molar-refractivity contribution in [2.75, 3.05) is 39.5 Å². The number of morpholine rings is 1. The van der Waals surface area contributed by atoms with E-state index in [0.29, 0.717) is 31.4 Å². The average Bonchev–Trinajstić information content (AvgIpc) is 2.40. The standard InChI is InChI=1S/C12H17ClN2O4S/c13-10-1-2-11(12(9-10)20(14,16)17)19-8-5-15-3-6-18-7-4-15/h1-2,9H,3-8H2,(H2,14,16,17). The van der Waals surface area contributed by atoms with Crippen LogP contribution in [0, 0.1) is 0 Å². The minimum Gasteiger partial charge on any atom is -0.491 e. The van der Waals surface area contributed by atoms with Gasteiger partial charge >= 0.3 is 0 Å². The number of nitrogens with zero attached hydrogens (tertiary/aromatic N) is 1. The molecular formula is C12H17ClN2O4S. The molecule has 0 amide bonds. The molecule has 20 heavy (non-hydrogen) atoms. The molecule has 1 heterocycles. The second-order valence-electron chi connectivity index (χ2n) is 4.44. The number of hydrogen-bond acceptors (Lipinski definition) is 5. The summed E-state index contributed by atoms with van der Waals surface area (Å²) in [6.07, 6.45) is 0. The smallest absolute Gasteiger partial charge is 0.241 e. The lowest BCUT2D eigenvalue weighted by molar-refractivity contribution is 0.0321. The van der Waals surface area contributed by atoms with Gasteiger partial charge in [0.1, 0.15) is 17.3 Å². The van der Waals surface area contributed by atoms with Crippen LogP contribution in [0.25, 0.3) is 0 Å². The van der Waals surface area contributed by atoms with E-state index in [1.54, 1.807) is 6.07 Å². The zero-order chi connectivity index (χ0) is 14.6. The molecule has 1 fully saturated rings. The van der Waals surface area contributed by atoms with Gasteiger partial charge in [0.25, 0.3) is 0 Å². The molecule has 0 aliphatic carbocycles. The Bertz CT molecular complexity index is 559. The Morgan fingerprint density at radius 1 is 1.35 bits per heavy atom. The van der Waals surface area contributed by atoms with Crippen molar-refractivity contribution < 1.29 is 17.9 Å². The van der Waals surface area contributed by atoms with Crippen LogP contribution in [0.3, 0.4) is 0 Å². The van der Waals surface area contributed by atoms with E-state index in [-0.39, 0.29) is 10.6 Å². The first-order chi connectivity index (χ1) is 9.47. The number of hydrogen-bond donors (Lipinski definition) is 1. The molecule has 0 radical (unpaired) electrons. The van der Waals surface area contributed by atoms with Gasteiger partial charge in [0.15, 0.2) is 0 Å². The Labute approximate surface area is 123 Å². The summed E-state index contributed by atoms with van der Waals surface area (Å²) >= 11 is 5.78. The van der Waals surface area contributed by atoms with Gasteiger partial charge in [0.05, 0.1) is 13.2 Å². The van der Waals surface area contributed by atoms with E-state index in [1.165, 1.54) is 12.1 Å². The van der Waals surface area contributed by atoms with Crippen molar-refractivity contribution in [3.8, 4) is 5.75 Å². The lowest BCUT2D eigenvalue weighted by atomic mass is 10.3. The van der Waals surface area contributed by atoms with E-state index < -0.39 is 10.0 Å². The fraction of sp³-hybridized carbons (Fsp3) is 0.500. The average molecular weight is 321 g/mol. The molecular weight excluding hydrogens is 304 g/mol. The van der Waals surface area contributed by atoms with Crippen molar-refractivity contribution in [1.82, 2.24) is 4.90 Å². The molecule has 0 bridgehead atoms. The van der Waals surface area contributed by atoms with E-state index in [0.717, 1.165) is 13.1 Å². The summed E-state index contributed by atoms with van der Waals surface area (Å²) < 4.78 is 33.7. The fourth-order valence-electron chi connectivity index (χ4n) is 1.93. The molecule has 112 valence electrons. The van der Waals surface area contributed by atoms with Crippen molar-refractivity contribution >= 4 is 21.6 Å². The Balaban J connectivity index is 1.98. The number of benzene rings is 1. The lowest BCUT2D eigenvalue weighted by Gasteiger charge is -2.26. The number of halogens is 1. The molecule has 1 saturated heterocycles. The molecule has 0 atom stereocenters. The van der Waals surface area contributed by atoms with Gasteiger partial charge in [-0.1, -0.05) is 11.6 Å². The molecule has 1 aromatic carbocycles. The topological polar surface area (TPSA) is 81.9 Å².